The van der Waals surface area contributed by atoms with Crippen molar-refractivity contribution in [2.24, 2.45) is 0 Å². The Bertz CT molecular complexity index is 365. The maximum atomic E-state index is 3.81. The number of hydrogen-bond donors (Lipinski definition) is 0. The molecule has 0 unspecified atom stereocenters. The van der Waals surface area contributed by atoms with Crippen LogP contribution in [-0.2, 0) is 0 Å². The average Bonchev–Trinajstić information content (AvgIpc) is 2.26. The summed E-state index contributed by atoms with van der Waals surface area (Å²) in [6.07, 6.45) is 10.0. The van der Waals surface area contributed by atoms with Crippen LogP contribution in [0.25, 0.3) is 5.57 Å². The Kier molecular flexibility index (Phi) is 3.94. The van der Waals surface area contributed by atoms with Crippen molar-refractivity contribution in [3.8, 4) is 0 Å². The van der Waals surface area contributed by atoms with Gasteiger partial charge in [0.15, 0.2) is 6.33 Å². The van der Waals surface area contributed by atoms with Crippen LogP contribution in [0.4, 0.5) is 0 Å². The quantitative estimate of drug-likeness (QED) is 0.670. The van der Waals surface area contributed by atoms with E-state index in [-0.39, 0.29) is 0 Å². The molecule has 0 aromatic carbocycles. The summed E-state index contributed by atoms with van der Waals surface area (Å²) in [4.78, 5) is 0. The van der Waals surface area contributed by atoms with Crippen molar-refractivity contribution in [2.45, 2.75) is 0 Å². The van der Waals surface area contributed by atoms with Gasteiger partial charge in [-0.2, -0.15) is 0 Å². The van der Waals surface area contributed by atoms with Gasteiger partial charge in [0.2, 0.25) is 5.82 Å². The Morgan fingerprint density at radius 1 is 1.14 bits per heavy atom. The monoisotopic (exact) mass is 186 g/mol. The summed E-state index contributed by atoms with van der Waals surface area (Å²) in [5.41, 5.74) is 0.767. The Labute approximate surface area is 82.4 Å². The zero-order chi connectivity index (χ0) is 10.2. The molecule has 0 aliphatic carbocycles. The summed E-state index contributed by atoms with van der Waals surface area (Å²) in [6, 6.07) is 0. The van der Waals surface area contributed by atoms with Gasteiger partial charge in [-0.25, -0.2) is 0 Å². The molecule has 4 heteroatoms. The Balaban J connectivity index is 2.93. The van der Waals surface area contributed by atoms with E-state index in [0.29, 0.717) is 5.82 Å². The summed E-state index contributed by atoms with van der Waals surface area (Å²) in [5, 5.41) is 14.9. The second-order valence-corrected chi connectivity index (χ2v) is 2.32. The predicted molar refractivity (Wildman–Crippen MR) is 55.1 cm³/mol. The largest absolute Gasteiger partial charge is 0.203 e. The molecule has 0 spiro atoms. The molecule has 14 heavy (non-hydrogen) atoms. The third-order valence-corrected chi connectivity index (χ3v) is 1.41. The van der Waals surface area contributed by atoms with Gasteiger partial charge in [0.25, 0.3) is 0 Å². The minimum atomic E-state index is 0.455. The van der Waals surface area contributed by atoms with Gasteiger partial charge in [0.05, 0.1) is 0 Å². The summed E-state index contributed by atoms with van der Waals surface area (Å²) in [7, 11) is 0. The molecular formula is C10H10N4. The molecule has 1 heterocycles. The van der Waals surface area contributed by atoms with E-state index in [1.165, 1.54) is 6.33 Å². The van der Waals surface area contributed by atoms with E-state index in [9.17, 15) is 0 Å². The lowest BCUT2D eigenvalue weighted by Gasteiger charge is -1.94. The van der Waals surface area contributed by atoms with Crippen LogP contribution in [0.15, 0.2) is 49.9 Å². The highest BCUT2D eigenvalue weighted by Crippen LogP contribution is 2.07. The van der Waals surface area contributed by atoms with Crippen LogP contribution in [0.2, 0.25) is 0 Å². The standard InChI is InChI=1S/C10H10N4/c1-3-5-6-7-9(4-2)10-13-11-8-12-14-10/h3-8H,1-2H2/b6-5-,9-7+. The van der Waals surface area contributed by atoms with Gasteiger partial charge in [-0.05, 0) is 0 Å². The first-order valence-electron chi connectivity index (χ1n) is 4.01. The van der Waals surface area contributed by atoms with E-state index in [4.69, 9.17) is 0 Å². The van der Waals surface area contributed by atoms with Crippen LogP contribution in [0.1, 0.15) is 5.82 Å². The molecule has 0 fully saturated rings. The average molecular weight is 186 g/mol. The first kappa shape index (κ1) is 9.98. The number of aromatic nitrogens is 4. The SMILES string of the molecule is C=C/C=C\C=C(/C=C)c1nncnn1. The highest BCUT2D eigenvalue weighted by Gasteiger charge is 1.98. The van der Waals surface area contributed by atoms with E-state index in [2.05, 4.69) is 33.6 Å². The third-order valence-electron chi connectivity index (χ3n) is 1.41. The van der Waals surface area contributed by atoms with Crippen molar-refractivity contribution in [1.82, 2.24) is 20.4 Å². The lowest BCUT2D eigenvalue weighted by atomic mass is 10.2. The highest BCUT2D eigenvalue weighted by molar-refractivity contribution is 5.69. The van der Waals surface area contributed by atoms with E-state index < -0.39 is 0 Å². The van der Waals surface area contributed by atoms with Gasteiger partial charge in [0.1, 0.15) is 0 Å². The van der Waals surface area contributed by atoms with Crippen molar-refractivity contribution < 1.29 is 0 Å². The summed E-state index contributed by atoms with van der Waals surface area (Å²) in [5.74, 6) is 0.455. The Morgan fingerprint density at radius 2 is 1.86 bits per heavy atom. The first-order valence-corrected chi connectivity index (χ1v) is 4.01. The molecule has 0 radical (unpaired) electrons. The Hall–Kier alpha value is -2.10. The van der Waals surface area contributed by atoms with Crippen molar-refractivity contribution in [1.29, 1.82) is 0 Å². The lowest BCUT2D eigenvalue weighted by molar-refractivity contribution is 0.834. The van der Waals surface area contributed by atoms with E-state index in [1.54, 1.807) is 18.2 Å². The van der Waals surface area contributed by atoms with Crippen LogP contribution in [0, 0.1) is 0 Å². The van der Waals surface area contributed by atoms with Crippen LogP contribution in [0.3, 0.4) is 0 Å². The van der Waals surface area contributed by atoms with Gasteiger partial charge in [-0.15, -0.1) is 20.4 Å². The summed E-state index contributed by atoms with van der Waals surface area (Å²) in [6.45, 7) is 7.21. The third kappa shape index (κ3) is 2.75. The summed E-state index contributed by atoms with van der Waals surface area (Å²) >= 11 is 0. The van der Waals surface area contributed by atoms with Crippen LogP contribution in [-0.4, -0.2) is 20.4 Å². The molecule has 4 nitrogen and oxygen atoms in total. The molecular weight excluding hydrogens is 176 g/mol. The molecule has 70 valence electrons. The molecule has 0 N–H and O–H groups in total. The lowest BCUT2D eigenvalue weighted by Crippen LogP contribution is -1.96. The van der Waals surface area contributed by atoms with E-state index in [0.717, 1.165) is 5.57 Å². The number of rotatable bonds is 4. The topological polar surface area (TPSA) is 51.6 Å². The molecule has 0 saturated heterocycles. The smallest absolute Gasteiger partial charge is 0.135 e. The summed E-state index contributed by atoms with van der Waals surface area (Å²) < 4.78 is 0. The Morgan fingerprint density at radius 3 is 2.43 bits per heavy atom. The molecule has 1 aromatic heterocycles. The fourth-order valence-corrected chi connectivity index (χ4v) is 0.791. The number of allylic oxidation sites excluding steroid dienone is 6. The fraction of sp³-hybridized carbons (Fsp3) is 0. The molecule has 0 aliphatic heterocycles. The number of hydrogen-bond acceptors (Lipinski definition) is 4. The fourth-order valence-electron chi connectivity index (χ4n) is 0.791. The predicted octanol–water partition coefficient (Wildman–Crippen LogP) is 1.58. The molecule has 0 bridgehead atoms. The maximum Gasteiger partial charge on any atom is 0.203 e. The number of nitrogens with zero attached hydrogens (tertiary/aromatic N) is 4. The van der Waals surface area contributed by atoms with Crippen molar-refractivity contribution in [3.63, 3.8) is 0 Å². The molecule has 1 rings (SSSR count). The highest BCUT2D eigenvalue weighted by atomic mass is 15.3. The van der Waals surface area contributed by atoms with Gasteiger partial charge in [-0.1, -0.05) is 43.5 Å². The maximum absolute atomic E-state index is 3.81. The van der Waals surface area contributed by atoms with Crippen LogP contribution < -0.4 is 0 Å². The normalized spacial score (nSPS) is 11.6. The van der Waals surface area contributed by atoms with E-state index in [1.807, 2.05) is 12.2 Å². The molecule has 0 amide bonds. The zero-order valence-corrected chi connectivity index (χ0v) is 7.67. The molecule has 1 aromatic rings. The second kappa shape index (κ2) is 5.53. The minimum absolute atomic E-state index is 0.455. The van der Waals surface area contributed by atoms with Crippen molar-refractivity contribution in [3.05, 3.63) is 55.7 Å². The minimum Gasteiger partial charge on any atom is -0.135 e. The van der Waals surface area contributed by atoms with Crippen LogP contribution >= 0.6 is 0 Å². The van der Waals surface area contributed by atoms with Crippen molar-refractivity contribution >= 4 is 5.57 Å². The van der Waals surface area contributed by atoms with Gasteiger partial charge in [-0.3, -0.25) is 0 Å². The van der Waals surface area contributed by atoms with Crippen LogP contribution in [0.5, 0.6) is 0 Å². The first-order chi connectivity index (χ1) is 6.88. The molecule has 0 aliphatic rings. The second-order valence-electron chi connectivity index (χ2n) is 2.32. The van der Waals surface area contributed by atoms with Gasteiger partial charge in [0, 0.05) is 5.57 Å². The van der Waals surface area contributed by atoms with Gasteiger partial charge < -0.3 is 0 Å². The zero-order valence-electron chi connectivity index (χ0n) is 7.67. The molecule has 0 saturated carbocycles. The van der Waals surface area contributed by atoms with E-state index >= 15 is 0 Å². The van der Waals surface area contributed by atoms with Crippen molar-refractivity contribution in [2.75, 3.05) is 0 Å². The molecule has 0 atom stereocenters. The van der Waals surface area contributed by atoms with Gasteiger partial charge >= 0.3 is 0 Å².